The number of nitrogens with one attached hydrogen (secondary N) is 1. The molecule has 3 nitrogen and oxygen atoms in total. The van der Waals surface area contributed by atoms with Crippen molar-refractivity contribution in [2.24, 2.45) is 5.92 Å². The molecular weight excluding hydrogens is 222 g/mol. The number of unbranched alkanes of at least 4 members (excludes halogenated alkanes) is 2. The molecule has 0 unspecified atom stereocenters. The van der Waals surface area contributed by atoms with E-state index in [9.17, 15) is 0 Å². The molecule has 0 amide bonds. The third-order valence-electron chi connectivity index (χ3n) is 4.05. The van der Waals surface area contributed by atoms with Gasteiger partial charge in [-0.2, -0.15) is 0 Å². The third kappa shape index (κ3) is 7.34. The smallest absolute Gasteiger partial charge is 0.000756 e. The maximum Gasteiger partial charge on any atom is 0.000756 e. The van der Waals surface area contributed by atoms with Crippen molar-refractivity contribution in [3.63, 3.8) is 0 Å². The van der Waals surface area contributed by atoms with Gasteiger partial charge in [-0.15, -0.1) is 0 Å². The first-order valence-electron chi connectivity index (χ1n) is 7.80. The minimum atomic E-state index is 0.938. The van der Waals surface area contributed by atoms with Crippen LogP contribution < -0.4 is 5.32 Å². The van der Waals surface area contributed by atoms with Gasteiger partial charge in [0.25, 0.3) is 0 Å². The summed E-state index contributed by atoms with van der Waals surface area (Å²) in [5.41, 5.74) is 0. The van der Waals surface area contributed by atoms with Gasteiger partial charge in [0.05, 0.1) is 0 Å². The Kier molecular flexibility index (Phi) is 8.64. The Morgan fingerprint density at radius 2 is 1.89 bits per heavy atom. The minimum Gasteiger partial charge on any atom is -0.317 e. The fourth-order valence-electron chi connectivity index (χ4n) is 2.76. The number of hydrogen-bond donors (Lipinski definition) is 1. The molecule has 1 N–H and O–H groups in total. The second-order valence-electron chi connectivity index (χ2n) is 5.92. The molecule has 0 aromatic carbocycles. The second kappa shape index (κ2) is 9.76. The lowest BCUT2D eigenvalue weighted by atomic mass is 9.96. The summed E-state index contributed by atoms with van der Waals surface area (Å²) in [6.07, 6.45) is 6.83. The van der Waals surface area contributed by atoms with Gasteiger partial charge in [-0.3, -0.25) is 0 Å². The van der Waals surface area contributed by atoms with Crippen molar-refractivity contribution in [1.82, 2.24) is 15.1 Å². The number of likely N-dealkylation sites (tertiary alicyclic amines) is 1. The molecule has 0 saturated carbocycles. The van der Waals surface area contributed by atoms with Crippen molar-refractivity contribution in [2.45, 2.75) is 39.0 Å². The quantitative estimate of drug-likeness (QED) is 0.636. The largest absolute Gasteiger partial charge is 0.317 e. The molecule has 0 atom stereocenters. The summed E-state index contributed by atoms with van der Waals surface area (Å²) in [5.74, 6) is 0.938. The van der Waals surface area contributed by atoms with E-state index < -0.39 is 0 Å². The Hall–Kier alpha value is -0.120. The molecule has 1 heterocycles. The summed E-state index contributed by atoms with van der Waals surface area (Å²) >= 11 is 0. The van der Waals surface area contributed by atoms with Crippen LogP contribution >= 0.6 is 0 Å². The van der Waals surface area contributed by atoms with Gasteiger partial charge in [0.1, 0.15) is 0 Å². The van der Waals surface area contributed by atoms with Crippen LogP contribution in [-0.2, 0) is 0 Å². The number of piperidine rings is 1. The highest BCUT2D eigenvalue weighted by molar-refractivity contribution is 4.72. The summed E-state index contributed by atoms with van der Waals surface area (Å²) in [7, 11) is 4.53. The Morgan fingerprint density at radius 1 is 1.17 bits per heavy atom. The van der Waals surface area contributed by atoms with Crippen molar-refractivity contribution >= 4 is 0 Å². The van der Waals surface area contributed by atoms with E-state index >= 15 is 0 Å². The van der Waals surface area contributed by atoms with Gasteiger partial charge in [0.15, 0.2) is 0 Å². The summed E-state index contributed by atoms with van der Waals surface area (Å²) < 4.78 is 0. The van der Waals surface area contributed by atoms with Crippen LogP contribution in [0.2, 0.25) is 0 Å². The molecule has 0 aromatic rings. The molecule has 1 saturated heterocycles. The monoisotopic (exact) mass is 255 g/mol. The van der Waals surface area contributed by atoms with Crippen molar-refractivity contribution in [2.75, 3.05) is 53.4 Å². The zero-order chi connectivity index (χ0) is 13.2. The Balaban J connectivity index is 1.95. The predicted molar refractivity (Wildman–Crippen MR) is 80.1 cm³/mol. The highest BCUT2D eigenvalue weighted by Crippen LogP contribution is 2.16. The van der Waals surface area contributed by atoms with Gasteiger partial charge in [0.2, 0.25) is 0 Å². The summed E-state index contributed by atoms with van der Waals surface area (Å²) in [6, 6.07) is 0. The maximum atomic E-state index is 3.39. The third-order valence-corrected chi connectivity index (χ3v) is 4.05. The van der Waals surface area contributed by atoms with Crippen LogP contribution in [-0.4, -0.2) is 63.2 Å². The highest BCUT2D eigenvalue weighted by Gasteiger charge is 2.17. The zero-order valence-corrected chi connectivity index (χ0v) is 12.7. The van der Waals surface area contributed by atoms with Gasteiger partial charge < -0.3 is 15.1 Å². The van der Waals surface area contributed by atoms with Gasteiger partial charge in [-0.05, 0) is 78.4 Å². The molecule has 0 bridgehead atoms. The Bertz CT molecular complexity index is 188. The SMILES string of the molecule is CCNCCCCCN(C)CC1CCN(C)CC1. The van der Waals surface area contributed by atoms with E-state index in [4.69, 9.17) is 0 Å². The van der Waals surface area contributed by atoms with Gasteiger partial charge in [-0.25, -0.2) is 0 Å². The van der Waals surface area contributed by atoms with E-state index in [1.807, 2.05) is 0 Å². The normalized spacial score (nSPS) is 18.7. The van der Waals surface area contributed by atoms with Crippen LogP contribution in [0.5, 0.6) is 0 Å². The highest BCUT2D eigenvalue weighted by atomic mass is 15.1. The minimum absolute atomic E-state index is 0.938. The molecule has 0 spiro atoms. The van der Waals surface area contributed by atoms with Gasteiger partial charge >= 0.3 is 0 Å². The molecule has 1 aliphatic heterocycles. The van der Waals surface area contributed by atoms with Crippen LogP contribution in [0, 0.1) is 5.92 Å². The second-order valence-corrected chi connectivity index (χ2v) is 5.92. The predicted octanol–water partition coefficient (Wildman–Crippen LogP) is 2.04. The van der Waals surface area contributed by atoms with Crippen LogP contribution in [0.15, 0.2) is 0 Å². The number of rotatable bonds is 9. The van der Waals surface area contributed by atoms with Gasteiger partial charge in [-0.1, -0.05) is 13.3 Å². The lowest BCUT2D eigenvalue weighted by Crippen LogP contribution is -2.36. The van der Waals surface area contributed by atoms with Crippen molar-refractivity contribution in [3.05, 3.63) is 0 Å². The van der Waals surface area contributed by atoms with Crippen LogP contribution in [0.3, 0.4) is 0 Å². The fraction of sp³-hybridized carbons (Fsp3) is 1.00. The maximum absolute atomic E-state index is 3.39. The van der Waals surface area contributed by atoms with E-state index in [0.717, 1.165) is 12.5 Å². The van der Waals surface area contributed by atoms with Gasteiger partial charge in [0, 0.05) is 6.54 Å². The van der Waals surface area contributed by atoms with E-state index in [0.29, 0.717) is 0 Å². The number of nitrogens with zero attached hydrogens (tertiary/aromatic N) is 2. The Labute approximate surface area is 114 Å². The zero-order valence-electron chi connectivity index (χ0n) is 12.7. The number of hydrogen-bond acceptors (Lipinski definition) is 3. The lowest BCUT2D eigenvalue weighted by molar-refractivity contribution is 0.175. The molecule has 0 radical (unpaired) electrons. The average Bonchev–Trinajstić information content (AvgIpc) is 2.36. The van der Waals surface area contributed by atoms with E-state index in [-0.39, 0.29) is 0 Å². The lowest BCUT2D eigenvalue weighted by Gasteiger charge is -2.31. The van der Waals surface area contributed by atoms with Crippen molar-refractivity contribution in [3.8, 4) is 0 Å². The summed E-state index contributed by atoms with van der Waals surface area (Å²) in [5, 5.41) is 3.39. The first-order valence-corrected chi connectivity index (χ1v) is 7.80. The first kappa shape index (κ1) is 15.9. The topological polar surface area (TPSA) is 18.5 Å². The Morgan fingerprint density at radius 3 is 2.56 bits per heavy atom. The molecular formula is C15H33N3. The molecule has 3 heteroatoms. The molecule has 18 heavy (non-hydrogen) atoms. The van der Waals surface area contributed by atoms with Crippen molar-refractivity contribution < 1.29 is 0 Å². The van der Waals surface area contributed by atoms with Crippen molar-refractivity contribution in [1.29, 1.82) is 0 Å². The van der Waals surface area contributed by atoms with Crippen LogP contribution in [0.25, 0.3) is 0 Å². The average molecular weight is 255 g/mol. The molecule has 1 aliphatic rings. The molecule has 0 aliphatic carbocycles. The molecule has 1 fully saturated rings. The standard InChI is InChI=1S/C15H33N3/c1-4-16-10-6-5-7-11-18(3)14-15-8-12-17(2)13-9-15/h15-16H,4-14H2,1-3H3. The van der Waals surface area contributed by atoms with E-state index in [1.165, 1.54) is 64.8 Å². The first-order chi connectivity index (χ1) is 8.72. The van der Waals surface area contributed by atoms with E-state index in [1.54, 1.807) is 0 Å². The van der Waals surface area contributed by atoms with Crippen LogP contribution in [0.4, 0.5) is 0 Å². The molecule has 1 rings (SSSR count). The van der Waals surface area contributed by atoms with Crippen LogP contribution in [0.1, 0.15) is 39.0 Å². The fourth-order valence-corrected chi connectivity index (χ4v) is 2.76. The summed E-state index contributed by atoms with van der Waals surface area (Å²) in [6.45, 7) is 9.64. The summed E-state index contributed by atoms with van der Waals surface area (Å²) in [4.78, 5) is 5.00. The molecule has 108 valence electrons. The van der Waals surface area contributed by atoms with E-state index in [2.05, 4.69) is 36.1 Å². The molecule has 0 aromatic heterocycles.